The maximum atomic E-state index is 13.1. The minimum absolute atomic E-state index is 0.0577. The van der Waals surface area contributed by atoms with E-state index in [0.29, 0.717) is 18.8 Å². The third-order valence-electron chi connectivity index (χ3n) is 5.56. The van der Waals surface area contributed by atoms with E-state index < -0.39 is 5.97 Å². The summed E-state index contributed by atoms with van der Waals surface area (Å²) >= 11 is 0. The van der Waals surface area contributed by atoms with Crippen molar-refractivity contribution in [3.8, 4) is 5.69 Å². The second kappa shape index (κ2) is 8.94. The highest BCUT2D eigenvalue weighted by Gasteiger charge is 2.23. The Balaban J connectivity index is 1.65. The van der Waals surface area contributed by atoms with Gasteiger partial charge in [0, 0.05) is 30.6 Å². The van der Waals surface area contributed by atoms with Crippen LogP contribution >= 0.6 is 0 Å². The molecule has 7 nitrogen and oxygen atoms in total. The molecule has 33 heavy (non-hydrogen) atoms. The van der Waals surface area contributed by atoms with Gasteiger partial charge < -0.3 is 5.11 Å². The van der Waals surface area contributed by atoms with E-state index >= 15 is 0 Å². The molecule has 2 heterocycles. The topological polar surface area (TPSA) is 87.5 Å². The van der Waals surface area contributed by atoms with Crippen LogP contribution in [-0.4, -0.2) is 38.3 Å². The van der Waals surface area contributed by atoms with Crippen molar-refractivity contribution in [2.75, 3.05) is 11.9 Å². The molecule has 0 atom stereocenters. The highest BCUT2D eigenvalue weighted by molar-refractivity contribution is 5.92. The fraction of sp³-hybridized carbons (Fsp3) is 0.269. The molecule has 4 rings (SSSR count). The smallest absolute Gasteiger partial charge is 0.327 e. The summed E-state index contributed by atoms with van der Waals surface area (Å²) in [6.45, 7) is 6.68. The van der Waals surface area contributed by atoms with Gasteiger partial charge in [-0.1, -0.05) is 63.2 Å². The van der Waals surface area contributed by atoms with Gasteiger partial charge in [0.25, 0.3) is 0 Å². The Bertz CT molecular complexity index is 1320. The van der Waals surface area contributed by atoms with E-state index in [9.17, 15) is 9.59 Å². The highest BCUT2D eigenvalue weighted by Crippen LogP contribution is 2.27. The number of rotatable bonds is 5. The van der Waals surface area contributed by atoms with Crippen LogP contribution in [0.1, 0.15) is 38.4 Å². The molecule has 7 heteroatoms. The fourth-order valence-corrected chi connectivity index (χ4v) is 3.68. The second-order valence-electron chi connectivity index (χ2n) is 9.18. The number of nitrogens with zero attached hydrogens (tertiary/aromatic N) is 3. The molecular weight excluding hydrogens is 416 g/mol. The number of hydrogen-bond acceptors (Lipinski definition) is 3. The normalized spacial score (nSPS) is 13.0. The standard InChI is InChI=1S/C26H28N4O3/c1-26(2,3)22-16-23(27-25(33)29-14-13-19-8-4-5-9-20(19)17-29)30(28-22)21-10-6-7-18(15-21)11-12-24(31)32/h4-10,13,15-17H,11-12,14H2,1-3H3,(H,27,33)(H,31,32). The molecule has 0 bridgehead atoms. The average molecular weight is 445 g/mol. The summed E-state index contributed by atoms with van der Waals surface area (Å²) in [5.41, 5.74) is 2.29. The third-order valence-corrected chi connectivity index (χ3v) is 5.56. The van der Waals surface area contributed by atoms with Gasteiger partial charge in [0.15, 0.2) is 0 Å². The lowest BCUT2D eigenvalue weighted by Crippen LogP contribution is -2.40. The Morgan fingerprint density at radius 3 is 2.55 bits per heavy atom. The van der Waals surface area contributed by atoms with E-state index in [-0.39, 0.29) is 17.9 Å². The number of benzene rings is 2. The van der Waals surface area contributed by atoms with Crippen LogP contribution in [-0.2, 0) is 16.6 Å². The molecule has 0 saturated carbocycles. The molecule has 2 aromatic carbocycles. The van der Waals surface area contributed by atoms with Crippen molar-refractivity contribution in [2.45, 2.75) is 39.0 Å². The van der Waals surface area contributed by atoms with Crippen molar-refractivity contribution in [3.63, 3.8) is 0 Å². The lowest BCUT2D eigenvalue weighted by atomic mass is 9.92. The van der Waals surface area contributed by atoms with Crippen molar-refractivity contribution >= 4 is 30.1 Å². The molecule has 1 aromatic heterocycles. The minimum atomic E-state index is -0.835. The minimum Gasteiger partial charge on any atom is -0.481 e. The van der Waals surface area contributed by atoms with Crippen LogP contribution in [0.15, 0.2) is 54.6 Å². The number of carbonyl (C=O) groups excluding carboxylic acids is 1. The number of amides is 2. The number of aryl methyl sites for hydroxylation is 1. The van der Waals surface area contributed by atoms with E-state index in [1.165, 1.54) is 0 Å². The quantitative estimate of drug-likeness (QED) is 0.632. The van der Waals surface area contributed by atoms with Crippen LogP contribution < -0.4 is 15.8 Å². The third kappa shape index (κ3) is 5.14. The van der Waals surface area contributed by atoms with Crippen molar-refractivity contribution in [1.82, 2.24) is 14.7 Å². The number of aliphatic carboxylic acids is 1. The molecule has 3 aromatic rings. The molecule has 0 fully saturated rings. The Labute approximate surface area is 192 Å². The largest absolute Gasteiger partial charge is 0.481 e. The number of fused-ring (bicyclic) bond motifs is 1. The predicted molar refractivity (Wildman–Crippen MR) is 129 cm³/mol. The lowest BCUT2D eigenvalue weighted by molar-refractivity contribution is -0.136. The Hall–Kier alpha value is -3.87. The Morgan fingerprint density at radius 1 is 1.06 bits per heavy atom. The summed E-state index contributed by atoms with van der Waals surface area (Å²) in [4.78, 5) is 25.7. The van der Waals surface area contributed by atoms with E-state index in [0.717, 1.165) is 27.4 Å². The molecule has 170 valence electrons. The first kappa shape index (κ1) is 22.3. The molecule has 0 radical (unpaired) electrons. The van der Waals surface area contributed by atoms with E-state index in [2.05, 4.69) is 26.1 Å². The summed E-state index contributed by atoms with van der Waals surface area (Å²) in [6, 6.07) is 17.2. The molecule has 0 unspecified atom stereocenters. The van der Waals surface area contributed by atoms with Gasteiger partial charge in [-0.05, 0) is 34.6 Å². The predicted octanol–water partition coefficient (Wildman–Crippen LogP) is 3.25. The molecular formula is C26H28N4O3. The summed E-state index contributed by atoms with van der Waals surface area (Å²) in [7, 11) is 0. The summed E-state index contributed by atoms with van der Waals surface area (Å²) in [5.74, 6) is -0.272. The molecule has 2 N–H and O–H groups in total. The number of carboxylic acid groups (broad SMARTS) is 1. The van der Waals surface area contributed by atoms with Gasteiger partial charge in [0.1, 0.15) is 5.82 Å². The van der Waals surface area contributed by atoms with Gasteiger partial charge in [0.2, 0.25) is 0 Å². The number of aromatic nitrogens is 2. The van der Waals surface area contributed by atoms with Crippen LogP contribution in [0.25, 0.3) is 18.0 Å². The SMILES string of the molecule is CC(C)(C)c1cc(NC(=O)N2C=c3ccccc3=CC2)n(-c2cccc(CCC(=O)O)c2)n1. The zero-order valence-corrected chi connectivity index (χ0v) is 19.1. The van der Waals surface area contributed by atoms with Crippen LogP contribution in [0.5, 0.6) is 0 Å². The van der Waals surface area contributed by atoms with Crippen LogP contribution in [0, 0.1) is 0 Å². The first-order valence-corrected chi connectivity index (χ1v) is 11.0. The monoisotopic (exact) mass is 444 g/mol. The van der Waals surface area contributed by atoms with Gasteiger partial charge in [-0.3, -0.25) is 15.0 Å². The molecule has 1 aliphatic heterocycles. The van der Waals surface area contributed by atoms with Crippen LogP contribution in [0.4, 0.5) is 10.6 Å². The van der Waals surface area contributed by atoms with E-state index in [4.69, 9.17) is 10.2 Å². The zero-order valence-electron chi connectivity index (χ0n) is 19.1. The van der Waals surface area contributed by atoms with Gasteiger partial charge in [-0.25, -0.2) is 9.48 Å². The molecule has 0 spiro atoms. The van der Waals surface area contributed by atoms with Crippen molar-refractivity contribution in [1.29, 1.82) is 0 Å². The van der Waals surface area contributed by atoms with Crippen LogP contribution in [0.2, 0.25) is 0 Å². The Morgan fingerprint density at radius 2 is 1.82 bits per heavy atom. The Kier molecular flexibility index (Phi) is 6.05. The number of nitrogens with one attached hydrogen (secondary N) is 1. The number of carbonyl (C=O) groups is 2. The number of hydrogen-bond donors (Lipinski definition) is 2. The number of anilines is 1. The zero-order chi connectivity index (χ0) is 23.6. The molecule has 1 aliphatic rings. The first-order chi connectivity index (χ1) is 15.7. The van der Waals surface area contributed by atoms with Crippen molar-refractivity contribution < 1.29 is 14.7 Å². The number of carboxylic acids is 1. The summed E-state index contributed by atoms with van der Waals surface area (Å²) < 4.78 is 1.71. The van der Waals surface area contributed by atoms with Crippen molar-refractivity contribution in [2.24, 2.45) is 0 Å². The van der Waals surface area contributed by atoms with E-state index in [1.807, 2.05) is 66.9 Å². The maximum absolute atomic E-state index is 13.1. The molecule has 2 amide bonds. The fourth-order valence-electron chi connectivity index (χ4n) is 3.68. The molecule has 0 saturated heterocycles. The van der Waals surface area contributed by atoms with Gasteiger partial charge in [-0.15, -0.1) is 0 Å². The van der Waals surface area contributed by atoms with Gasteiger partial charge in [-0.2, -0.15) is 5.10 Å². The maximum Gasteiger partial charge on any atom is 0.327 e. The summed E-state index contributed by atoms with van der Waals surface area (Å²) in [6.07, 6.45) is 4.36. The van der Waals surface area contributed by atoms with Gasteiger partial charge >= 0.3 is 12.0 Å². The average Bonchev–Trinajstić information content (AvgIpc) is 3.22. The first-order valence-electron chi connectivity index (χ1n) is 11.0. The van der Waals surface area contributed by atoms with Crippen LogP contribution in [0.3, 0.4) is 0 Å². The van der Waals surface area contributed by atoms with Crippen molar-refractivity contribution in [3.05, 3.63) is 76.3 Å². The lowest BCUT2D eigenvalue weighted by Gasteiger charge is -2.20. The van der Waals surface area contributed by atoms with Gasteiger partial charge in [0.05, 0.1) is 11.4 Å². The van der Waals surface area contributed by atoms with E-state index in [1.54, 1.807) is 9.58 Å². The highest BCUT2D eigenvalue weighted by atomic mass is 16.4. The summed E-state index contributed by atoms with van der Waals surface area (Å²) in [5, 5.41) is 18.9. The number of urea groups is 1. The molecule has 0 aliphatic carbocycles. The second-order valence-corrected chi connectivity index (χ2v) is 9.18.